The summed E-state index contributed by atoms with van der Waals surface area (Å²) in [5, 5.41) is 15.8. The van der Waals surface area contributed by atoms with E-state index in [0.717, 1.165) is 87.6 Å². The minimum absolute atomic E-state index is 0. The third-order valence-electron chi connectivity index (χ3n) is 4.74. The molecule has 0 aromatic carbocycles. The monoisotopic (exact) mass is 558 g/mol. The molecule has 0 aliphatic heterocycles. The molecule has 0 spiro atoms. The Morgan fingerprint density at radius 3 is 0.581 bits per heavy atom. The van der Waals surface area contributed by atoms with E-state index in [-0.39, 0.29) is 26.2 Å². The van der Waals surface area contributed by atoms with Crippen molar-refractivity contribution < 1.29 is 46.0 Å². The summed E-state index contributed by atoms with van der Waals surface area (Å²) < 4.78 is 0. The molecule has 0 aliphatic carbocycles. The summed E-state index contributed by atoms with van der Waals surface area (Å²) in [5.74, 6) is 0. The molecule has 0 bridgehead atoms. The van der Waals surface area contributed by atoms with Crippen molar-refractivity contribution in [3.63, 3.8) is 0 Å². The number of rotatable bonds is 14. The van der Waals surface area contributed by atoms with Crippen molar-refractivity contribution in [2.75, 3.05) is 13.2 Å². The summed E-state index contributed by atoms with van der Waals surface area (Å²) in [7, 11) is -3.50. The fraction of sp³-hybridized carbons (Fsp3) is 1.00. The van der Waals surface area contributed by atoms with Gasteiger partial charge in [-0.2, -0.15) is 0 Å². The van der Waals surface area contributed by atoms with Gasteiger partial charge in [-0.1, -0.05) is 93.9 Å². The first-order valence-corrected chi connectivity index (χ1v) is 18.0. The second kappa shape index (κ2) is 33.3. The minimum atomic E-state index is -1.75. The van der Waals surface area contributed by atoms with Gasteiger partial charge in [-0.25, -0.2) is 0 Å². The zero-order valence-corrected chi connectivity index (χ0v) is 27.1. The van der Waals surface area contributed by atoms with Gasteiger partial charge in [0.25, 0.3) is 0 Å². The molecule has 0 aliphatic rings. The van der Waals surface area contributed by atoms with E-state index >= 15 is 0 Å². The van der Waals surface area contributed by atoms with Crippen LogP contribution in [0.4, 0.5) is 0 Å². The van der Waals surface area contributed by atoms with Gasteiger partial charge in [0.15, 0.2) is 16.6 Å². The van der Waals surface area contributed by atoms with Gasteiger partial charge in [-0.05, 0) is 49.1 Å². The first kappa shape index (κ1) is 42.3. The molecule has 4 nitrogen and oxygen atoms in total. The third-order valence-corrected chi connectivity index (χ3v) is 13.3. The maximum atomic E-state index is 10.2. The molecule has 31 heavy (non-hydrogen) atoms. The number of aliphatic hydroxyl groups excluding tert-OH is 2. The van der Waals surface area contributed by atoms with E-state index in [0.29, 0.717) is 13.2 Å². The van der Waals surface area contributed by atoms with Gasteiger partial charge >= 0.3 is 0 Å². The Bertz CT molecular complexity index is 233. The van der Waals surface area contributed by atoms with Crippen LogP contribution in [-0.2, 0) is 26.2 Å². The van der Waals surface area contributed by atoms with Gasteiger partial charge in [0, 0.05) is 39.4 Å². The number of hydrogen-bond acceptors (Lipinski definition) is 4. The van der Waals surface area contributed by atoms with E-state index < -0.39 is 16.6 Å². The van der Waals surface area contributed by atoms with E-state index in [4.69, 9.17) is 10.2 Å². The Kier molecular flexibility index (Phi) is 45.5. The maximum Gasteiger partial charge on any atom is 0.188 e. The molecule has 0 unspecified atom stereocenters. The van der Waals surface area contributed by atoms with Crippen molar-refractivity contribution in [2.45, 2.75) is 143 Å². The Morgan fingerprint density at radius 2 is 0.516 bits per heavy atom. The van der Waals surface area contributed by atoms with E-state index in [1.54, 1.807) is 0 Å². The average Bonchev–Trinajstić information content (AvgIpc) is 2.70. The average molecular weight is 560 g/mol. The summed E-state index contributed by atoms with van der Waals surface area (Å²) in [6.07, 6.45) is 8.68. The first-order chi connectivity index (χ1) is 14.2. The fourth-order valence-corrected chi connectivity index (χ4v) is 10.6. The second-order valence-corrected chi connectivity index (χ2v) is 16.3. The molecule has 0 fully saturated rings. The summed E-state index contributed by atoms with van der Waals surface area (Å²) in [6, 6.07) is 6.64. The van der Waals surface area contributed by atoms with Crippen LogP contribution in [0.15, 0.2) is 0 Å². The van der Waals surface area contributed by atoms with Crippen LogP contribution in [0.5, 0.6) is 0 Å². The van der Waals surface area contributed by atoms with Crippen molar-refractivity contribution in [3.8, 4) is 0 Å². The van der Waals surface area contributed by atoms with Crippen LogP contribution in [0.2, 0.25) is 36.3 Å². The molecule has 0 saturated carbocycles. The van der Waals surface area contributed by atoms with Crippen LogP contribution in [-0.4, -0.2) is 49.7 Å². The van der Waals surface area contributed by atoms with E-state index in [1.165, 1.54) is 0 Å². The van der Waals surface area contributed by atoms with Crippen LogP contribution >= 0.6 is 0 Å². The van der Waals surface area contributed by atoms with Gasteiger partial charge in [0.1, 0.15) is 0 Å². The molecular formula is C24H60O4Si2Zr. The third kappa shape index (κ3) is 35.9. The van der Waals surface area contributed by atoms with Crippen LogP contribution in [0.3, 0.4) is 0 Å². The molecule has 7 heteroatoms. The Labute approximate surface area is 218 Å². The summed E-state index contributed by atoms with van der Waals surface area (Å²) in [5.41, 5.74) is 0. The molecule has 192 valence electrons. The molecule has 0 heterocycles. The SMILES string of the molecule is CCCO.CCCO.CCC[Si](O)(CCC)CCC.CCC[Si](O)(CCC)CCC.[Zr]. The Hall–Kier alpha value is 1.16. The minimum Gasteiger partial charge on any atom is -0.432 e. The topological polar surface area (TPSA) is 80.9 Å². The molecule has 4 N–H and O–H groups in total. The first-order valence-electron chi connectivity index (χ1n) is 12.9. The van der Waals surface area contributed by atoms with Gasteiger partial charge in [-0.3, -0.25) is 0 Å². The standard InChI is InChI=1S/2C9H22OSi.2C3H8O.Zr/c2*1-4-7-11(10,8-5-2)9-6-3;2*1-2-3-4;/h2*10H,4-9H2,1-3H3;2*4H,2-3H2,1H3;. The Morgan fingerprint density at radius 1 is 0.387 bits per heavy atom. The van der Waals surface area contributed by atoms with Crippen molar-refractivity contribution in [3.05, 3.63) is 0 Å². The molecule has 0 atom stereocenters. The molecule has 0 aromatic rings. The van der Waals surface area contributed by atoms with Crippen molar-refractivity contribution in [2.24, 2.45) is 0 Å². The maximum absolute atomic E-state index is 10.2. The molecule has 0 saturated heterocycles. The molecular weight excluding hydrogens is 500 g/mol. The van der Waals surface area contributed by atoms with Gasteiger partial charge in [0.2, 0.25) is 0 Å². The summed E-state index contributed by atoms with van der Waals surface area (Å²) >= 11 is 0. The van der Waals surface area contributed by atoms with Crippen LogP contribution < -0.4 is 0 Å². The number of hydrogen-bond donors (Lipinski definition) is 4. The summed E-state index contributed by atoms with van der Waals surface area (Å²) in [4.78, 5) is 20.3. The predicted octanol–water partition coefficient (Wildman–Crippen LogP) is 7.08. The van der Waals surface area contributed by atoms with Crippen molar-refractivity contribution in [1.29, 1.82) is 0 Å². The van der Waals surface area contributed by atoms with E-state index in [1.807, 2.05) is 13.8 Å². The molecule has 0 radical (unpaired) electrons. The Balaban J connectivity index is -0.000000106. The van der Waals surface area contributed by atoms with Gasteiger partial charge < -0.3 is 19.8 Å². The molecule has 0 amide bonds. The molecule has 0 rings (SSSR count). The smallest absolute Gasteiger partial charge is 0.188 e. The number of aliphatic hydroxyl groups is 2. The molecule has 0 aromatic heterocycles. The van der Waals surface area contributed by atoms with Crippen LogP contribution in [0.1, 0.15) is 107 Å². The van der Waals surface area contributed by atoms with Crippen molar-refractivity contribution in [1.82, 2.24) is 0 Å². The van der Waals surface area contributed by atoms with E-state index in [2.05, 4.69) is 41.5 Å². The summed E-state index contributed by atoms with van der Waals surface area (Å²) in [6.45, 7) is 17.5. The fourth-order valence-electron chi connectivity index (χ4n) is 3.54. The van der Waals surface area contributed by atoms with Crippen LogP contribution in [0, 0.1) is 0 Å². The normalized spacial score (nSPS) is 10.5. The second-order valence-electron chi connectivity index (χ2n) is 8.40. The van der Waals surface area contributed by atoms with Gasteiger partial charge in [-0.15, -0.1) is 0 Å². The zero-order valence-electron chi connectivity index (χ0n) is 22.6. The van der Waals surface area contributed by atoms with E-state index in [9.17, 15) is 9.59 Å². The predicted molar refractivity (Wildman–Crippen MR) is 141 cm³/mol. The largest absolute Gasteiger partial charge is 0.432 e. The van der Waals surface area contributed by atoms with Gasteiger partial charge in [0.05, 0.1) is 0 Å². The van der Waals surface area contributed by atoms with Crippen molar-refractivity contribution >= 4 is 16.6 Å². The van der Waals surface area contributed by atoms with Crippen LogP contribution in [0.25, 0.3) is 0 Å². The quantitative estimate of drug-likeness (QED) is 0.171. The zero-order chi connectivity index (χ0) is 24.3.